The summed E-state index contributed by atoms with van der Waals surface area (Å²) in [6.07, 6.45) is 0.524. The van der Waals surface area contributed by atoms with Crippen molar-refractivity contribution < 1.29 is 4.79 Å². The molecule has 1 amide bonds. The normalized spacial score (nSPS) is 29.5. The van der Waals surface area contributed by atoms with Crippen molar-refractivity contribution in [3.63, 3.8) is 0 Å². The molecule has 3 heteroatoms. The van der Waals surface area contributed by atoms with Crippen molar-refractivity contribution in [2.24, 2.45) is 5.73 Å². The van der Waals surface area contributed by atoms with Crippen molar-refractivity contribution in [2.45, 2.75) is 12.5 Å². The van der Waals surface area contributed by atoms with Crippen molar-refractivity contribution in [3.8, 4) is 0 Å². The van der Waals surface area contributed by atoms with E-state index in [1.165, 1.54) is 0 Å². The van der Waals surface area contributed by atoms with Gasteiger partial charge in [0.05, 0.1) is 0 Å². The van der Waals surface area contributed by atoms with Gasteiger partial charge in [0.1, 0.15) is 0 Å². The van der Waals surface area contributed by atoms with Crippen LogP contribution < -0.4 is 5.73 Å². The first-order chi connectivity index (χ1) is 3.70. The molecule has 8 heavy (non-hydrogen) atoms. The van der Waals surface area contributed by atoms with Crippen LogP contribution in [0.15, 0.2) is 0 Å². The second-order valence-corrected chi connectivity index (χ2v) is 2.24. The van der Waals surface area contributed by atoms with Crippen LogP contribution in [0.5, 0.6) is 0 Å². The van der Waals surface area contributed by atoms with Gasteiger partial charge in [-0.25, -0.2) is 0 Å². The number of rotatable bonds is 0. The van der Waals surface area contributed by atoms with Crippen LogP contribution in [0.1, 0.15) is 6.42 Å². The smallest absolute Gasteiger partial charge is 0.223 e. The summed E-state index contributed by atoms with van der Waals surface area (Å²) < 4.78 is 0. The summed E-state index contributed by atoms with van der Waals surface area (Å²) in [6.45, 7) is 0.721. The number of nitrogens with zero attached hydrogens (tertiary/aromatic N) is 1. The first-order valence-corrected chi connectivity index (χ1v) is 2.69. The fourth-order valence-electron chi connectivity index (χ4n) is 0.898. The Morgan fingerprint density at radius 3 is 2.62 bits per heavy atom. The number of hydrogen-bond donors (Lipinski definition) is 1. The molecule has 1 saturated heterocycles. The second kappa shape index (κ2) is 1.74. The molecule has 0 aromatic carbocycles. The molecule has 0 aromatic rings. The molecule has 1 heterocycles. The summed E-state index contributed by atoms with van der Waals surface area (Å²) in [5.74, 6) is 0.164. The summed E-state index contributed by atoms with van der Waals surface area (Å²) in [4.78, 5) is 12.3. The number of likely N-dealkylation sites (tertiary alicyclic amines) is 1. The number of hydrogen-bond acceptors (Lipinski definition) is 2. The van der Waals surface area contributed by atoms with E-state index in [4.69, 9.17) is 5.73 Å². The van der Waals surface area contributed by atoms with Gasteiger partial charge in [0.2, 0.25) is 5.91 Å². The Morgan fingerprint density at radius 1 is 1.88 bits per heavy atom. The summed E-state index contributed by atoms with van der Waals surface area (Å²) >= 11 is 0. The highest BCUT2D eigenvalue weighted by Gasteiger charge is 2.22. The van der Waals surface area contributed by atoms with Gasteiger partial charge in [-0.05, 0) is 0 Å². The number of amides is 1. The zero-order valence-electron chi connectivity index (χ0n) is 4.92. The summed E-state index contributed by atoms with van der Waals surface area (Å²) in [7, 11) is 1.77. The maximum absolute atomic E-state index is 10.6. The number of nitrogens with two attached hydrogens (primary N) is 1. The second-order valence-electron chi connectivity index (χ2n) is 2.24. The van der Waals surface area contributed by atoms with Gasteiger partial charge in [0.15, 0.2) is 0 Å². The van der Waals surface area contributed by atoms with E-state index in [-0.39, 0.29) is 11.9 Å². The lowest BCUT2D eigenvalue weighted by molar-refractivity contribution is -0.126. The quantitative estimate of drug-likeness (QED) is 0.447. The van der Waals surface area contributed by atoms with E-state index in [2.05, 4.69) is 0 Å². The van der Waals surface area contributed by atoms with Gasteiger partial charge in [-0.1, -0.05) is 0 Å². The van der Waals surface area contributed by atoms with Crippen LogP contribution in [-0.2, 0) is 4.79 Å². The molecule has 0 spiro atoms. The highest BCUT2D eigenvalue weighted by molar-refractivity contribution is 5.78. The van der Waals surface area contributed by atoms with E-state index in [1.54, 1.807) is 11.9 Å². The monoisotopic (exact) mass is 114 g/mol. The Bertz CT molecular complexity index is 113. The van der Waals surface area contributed by atoms with Crippen LogP contribution in [-0.4, -0.2) is 30.4 Å². The molecule has 3 nitrogen and oxygen atoms in total. The van der Waals surface area contributed by atoms with Crippen LogP contribution in [0, 0.1) is 0 Å². The topological polar surface area (TPSA) is 46.3 Å². The predicted molar refractivity (Wildman–Crippen MR) is 30.2 cm³/mol. The van der Waals surface area contributed by atoms with E-state index in [1.807, 2.05) is 0 Å². The Hall–Kier alpha value is -0.570. The lowest BCUT2D eigenvalue weighted by Crippen LogP contribution is -2.24. The fraction of sp³-hybridized carbons (Fsp3) is 0.800. The zero-order valence-corrected chi connectivity index (χ0v) is 4.92. The Balaban J connectivity index is 2.51. The van der Waals surface area contributed by atoms with Crippen LogP contribution in [0.2, 0.25) is 0 Å². The van der Waals surface area contributed by atoms with E-state index in [0.717, 1.165) is 6.54 Å². The predicted octanol–water partition coefficient (Wildman–Crippen LogP) is -0.824. The summed E-state index contributed by atoms with van der Waals surface area (Å²) in [5, 5.41) is 0. The summed E-state index contributed by atoms with van der Waals surface area (Å²) in [5.41, 5.74) is 5.45. The van der Waals surface area contributed by atoms with Crippen molar-refractivity contribution in [3.05, 3.63) is 0 Å². The Morgan fingerprint density at radius 2 is 2.50 bits per heavy atom. The van der Waals surface area contributed by atoms with Crippen molar-refractivity contribution in [2.75, 3.05) is 13.6 Å². The van der Waals surface area contributed by atoms with Gasteiger partial charge < -0.3 is 10.6 Å². The third kappa shape index (κ3) is 0.816. The molecule has 1 atom stereocenters. The molecule has 1 rings (SSSR count). The molecule has 0 unspecified atom stereocenters. The molecule has 0 aliphatic carbocycles. The van der Waals surface area contributed by atoms with Gasteiger partial charge in [-0.15, -0.1) is 0 Å². The maximum atomic E-state index is 10.6. The molecular formula is C5H10N2O. The van der Waals surface area contributed by atoms with Gasteiger partial charge in [0.25, 0.3) is 0 Å². The minimum Gasteiger partial charge on any atom is -0.344 e. The average molecular weight is 114 g/mol. The van der Waals surface area contributed by atoms with Gasteiger partial charge >= 0.3 is 0 Å². The lowest BCUT2D eigenvalue weighted by Gasteiger charge is -2.04. The van der Waals surface area contributed by atoms with Crippen molar-refractivity contribution in [1.82, 2.24) is 4.90 Å². The maximum Gasteiger partial charge on any atom is 0.223 e. The number of carbonyl (C=O) groups is 1. The average Bonchev–Trinajstić information content (AvgIpc) is 1.85. The molecule has 1 aliphatic heterocycles. The SMILES string of the molecule is CN1C[C@@H](N)CC1=O. The summed E-state index contributed by atoms with van der Waals surface area (Å²) in [6, 6.07) is 0.0764. The Kier molecular flexibility index (Phi) is 1.21. The molecule has 2 N–H and O–H groups in total. The first kappa shape index (κ1) is 5.56. The lowest BCUT2D eigenvalue weighted by atomic mass is 10.3. The van der Waals surface area contributed by atoms with Crippen molar-refractivity contribution >= 4 is 5.91 Å². The van der Waals surface area contributed by atoms with Crippen LogP contribution in [0.3, 0.4) is 0 Å². The standard InChI is InChI=1S/C5H10N2O/c1-7-3-4(6)2-5(7)8/h4H,2-3,6H2,1H3/t4-/m0/s1. The number of likely N-dealkylation sites (N-methyl/N-ethyl adjacent to an activating group) is 1. The zero-order chi connectivity index (χ0) is 6.15. The first-order valence-electron chi connectivity index (χ1n) is 2.69. The molecule has 0 aromatic heterocycles. The molecular weight excluding hydrogens is 104 g/mol. The third-order valence-electron chi connectivity index (χ3n) is 1.37. The van der Waals surface area contributed by atoms with Crippen molar-refractivity contribution in [1.29, 1.82) is 0 Å². The highest BCUT2D eigenvalue weighted by Crippen LogP contribution is 2.04. The molecule has 46 valence electrons. The van der Waals surface area contributed by atoms with Crippen LogP contribution in [0.25, 0.3) is 0 Å². The van der Waals surface area contributed by atoms with Gasteiger partial charge in [-0.2, -0.15) is 0 Å². The fourth-order valence-corrected chi connectivity index (χ4v) is 0.898. The van der Waals surface area contributed by atoms with Gasteiger partial charge in [-0.3, -0.25) is 4.79 Å². The van der Waals surface area contributed by atoms with E-state index >= 15 is 0 Å². The highest BCUT2D eigenvalue weighted by atomic mass is 16.2. The molecule has 0 bridgehead atoms. The largest absolute Gasteiger partial charge is 0.344 e. The molecule has 1 fully saturated rings. The van der Waals surface area contributed by atoms with E-state index in [9.17, 15) is 4.79 Å². The molecule has 0 radical (unpaired) electrons. The van der Waals surface area contributed by atoms with E-state index < -0.39 is 0 Å². The molecule has 0 saturated carbocycles. The number of carbonyl (C=O) groups excluding carboxylic acids is 1. The van der Waals surface area contributed by atoms with E-state index in [0.29, 0.717) is 6.42 Å². The minimum absolute atomic E-state index is 0.0764. The third-order valence-corrected chi connectivity index (χ3v) is 1.37. The minimum atomic E-state index is 0.0764. The van der Waals surface area contributed by atoms with Gasteiger partial charge in [0, 0.05) is 26.1 Å². The van der Waals surface area contributed by atoms with Crippen LogP contribution >= 0.6 is 0 Å². The Labute approximate surface area is 48.5 Å². The molecule has 1 aliphatic rings. The van der Waals surface area contributed by atoms with Crippen LogP contribution in [0.4, 0.5) is 0 Å².